The highest BCUT2D eigenvalue weighted by Crippen LogP contribution is 2.65. The van der Waals surface area contributed by atoms with Gasteiger partial charge in [0, 0.05) is 0 Å². The first kappa shape index (κ1) is 17.6. The second-order valence-electron chi connectivity index (χ2n) is 8.46. The molecule has 0 heteroatoms. The van der Waals surface area contributed by atoms with Crippen LogP contribution in [0.25, 0.3) is 0 Å². The topological polar surface area (TPSA) is 0 Å². The number of benzene rings is 1. The van der Waals surface area contributed by atoms with E-state index in [1.807, 2.05) is 0 Å². The second kappa shape index (κ2) is 6.38. The molecule has 0 aliphatic heterocycles. The third-order valence-electron chi connectivity index (χ3n) is 8.03. The first-order chi connectivity index (χ1) is 10.3. The van der Waals surface area contributed by atoms with E-state index in [1.165, 1.54) is 44.1 Å². The number of hydrogen-bond donors (Lipinski definition) is 0. The van der Waals surface area contributed by atoms with Crippen LogP contribution in [0.1, 0.15) is 79.2 Å². The molecule has 2 unspecified atom stereocenters. The summed E-state index contributed by atoms with van der Waals surface area (Å²) in [4.78, 5) is 0. The fraction of sp³-hybridized carbons (Fsp3) is 0.727. The minimum Gasteiger partial charge on any atom is -0.0648 e. The highest BCUT2D eigenvalue weighted by atomic mass is 14.6. The molecule has 0 amide bonds. The fourth-order valence-corrected chi connectivity index (χ4v) is 5.44. The zero-order valence-electron chi connectivity index (χ0n) is 15.7. The van der Waals surface area contributed by atoms with Crippen molar-refractivity contribution in [2.45, 2.75) is 80.1 Å². The summed E-state index contributed by atoms with van der Waals surface area (Å²) in [5, 5.41) is 0. The van der Waals surface area contributed by atoms with Crippen LogP contribution in [0.3, 0.4) is 0 Å². The molecule has 22 heavy (non-hydrogen) atoms. The quantitative estimate of drug-likeness (QED) is 0.555. The van der Waals surface area contributed by atoms with Crippen LogP contribution < -0.4 is 0 Å². The predicted octanol–water partition coefficient (Wildman–Crippen LogP) is 6.89. The van der Waals surface area contributed by atoms with Crippen LogP contribution in [0.15, 0.2) is 30.3 Å². The summed E-state index contributed by atoms with van der Waals surface area (Å²) >= 11 is 0. The summed E-state index contributed by atoms with van der Waals surface area (Å²) in [5.74, 6) is 0.817. The maximum atomic E-state index is 2.58. The van der Waals surface area contributed by atoms with Gasteiger partial charge in [-0.1, -0.05) is 71.9 Å². The Kier molecular flexibility index (Phi) is 5.09. The summed E-state index contributed by atoms with van der Waals surface area (Å²) in [6.07, 6.45) is 7.99. The Balaban J connectivity index is 2.28. The van der Waals surface area contributed by atoms with E-state index in [2.05, 4.69) is 71.9 Å². The van der Waals surface area contributed by atoms with E-state index >= 15 is 0 Å². The molecule has 1 aliphatic carbocycles. The summed E-state index contributed by atoms with van der Waals surface area (Å²) in [6.45, 7) is 15.1. The van der Waals surface area contributed by atoms with Gasteiger partial charge in [0.25, 0.3) is 0 Å². The van der Waals surface area contributed by atoms with Gasteiger partial charge in [0.15, 0.2) is 0 Å². The summed E-state index contributed by atoms with van der Waals surface area (Å²) in [7, 11) is 0. The molecule has 1 saturated carbocycles. The minimum atomic E-state index is 0.399. The van der Waals surface area contributed by atoms with Crippen LogP contribution in [0.5, 0.6) is 0 Å². The van der Waals surface area contributed by atoms with Crippen molar-refractivity contribution < 1.29 is 0 Å². The lowest BCUT2D eigenvalue weighted by Gasteiger charge is -2.63. The van der Waals surface area contributed by atoms with Crippen molar-refractivity contribution in [3.05, 3.63) is 35.9 Å². The van der Waals surface area contributed by atoms with Gasteiger partial charge >= 0.3 is 0 Å². The van der Waals surface area contributed by atoms with Gasteiger partial charge in [0.2, 0.25) is 0 Å². The molecule has 0 aromatic heterocycles. The van der Waals surface area contributed by atoms with Crippen molar-refractivity contribution in [2.75, 3.05) is 0 Å². The smallest absolute Gasteiger partial charge is 0.0240 e. The zero-order valence-corrected chi connectivity index (χ0v) is 15.7. The van der Waals surface area contributed by atoms with Gasteiger partial charge in [-0.25, -0.2) is 0 Å². The zero-order chi connectivity index (χ0) is 16.4. The number of hydrogen-bond acceptors (Lipinski definition) is 0. The van der Waals surface area contributed by atoms with Crippen LogP contribution in [0, 0.1) is 22.2 Å². The molecule has 0 nitrogen and oxygen atoms in total. The third-order valence-corrected chi connectivity index (χ3v) is 8.03. The lowest BCUT2D eigenvalue weighted by Crippen LogP contribution is -2.55. The van der Waals surface area contributed by atoms with E-state index in [0.717, 1.165) is 5.92 Å². The van der Waals surface area contributed by atoms with Crippen LogP contribution in [-0.2, 0) is 6.42 Å². The van der Waals surface area contributed by atoms with Gasteiger partial charge in [0.1, 0.15) is 0 Å². The second-order valence-corrected chi connectivity index (χ2v) is 8.46. The Morgan fingerprint density at radius 3 is 2.14 bits per heavy atom. The van der Waals surface area contributed by atoms with E-state index in [9.17, 15) is 0 Å². The predicted molar refractivity (Wildman–Crippen MR) is 98.1 cm³/mol. The van der Waals surface area contributed by atoms with Crippen LogP contribution >= 0.6 is 0 Å². The maximum absolute atomic E-state index is 2.58. The van der Waals surface area contributed by atoms with Gasteiger partial charge in [-0.05, 0) is 66.3 Å². The van der Waals surface area contributed by atoms with Crippen molar-refractivity contribution in [1.29, 1.82) is 0 Å². The molecule has 0 radical (unpaired) electrons. The van der Waals surface area contributed by atoms with Gasteiger partial charge in [-0.2, -0.15) is 0 Å². The first-order valence-corrected chi connectivity index (χ1v) is 9.37. The molecule has 1 aromatic rings. The maximum Gasteiger partial charge on any atom is -0.0240 e. The summed E-state index contributed by atoms with van der Waals surface area (Å²) < 4.78 is 0. The lowest BCUT2D eigenvalue weighted by atomic mass is 9.42. The summed E-state index contributed by atoms with van der Waals surface area (Å²) in [5.41, 5.74) is 2.84. The van der Waals surface area contributed by atoms with Gasteiger partial charge in [0.05, 0.1) is 0 Å². The van der Waals surface area contributed by atoms with Crippen molar-refractivity contribution in [1.82, 2.24) is 0 Å². The van der Waals surface area contributed by atoms with Crippen LogP contribution in [0.4, 0.5) is 0 Å². The van der Waals surface area contributed by atoms with E-state index in [0.29, 0.717) is 16.2 Å². The SMILES string of the molecule is CCC1(CC)CCC(C)C(C)(CCc2ccccc2)C1(C)C. The fourth-order valence-electron chi connectivity index (χ4n) is 5.44. The van der Waals surface area contributed by atoms with E-state index in [4.69, 9.17) is 0 Å². The molecule has 2 atom stereocenters. The number of aryl methyl sites for hydroxylation is 1. The minimum absolute atomic E-state index is 0.399. The molecular formula is C22H36. The first-order valence-electron chi connectivity index (χ1n) is 9.37. The van der Waals surface area contributed by atoms with Crippen molar-refractivity contribution in [3.8, 4) is 0 Å². The van der Waals surface area contributed by atoms with Crippen LogP contribution in [-0.4, -0.2) is 0 Å². The van der Waals surface area contributed by atoms with Crippen molar-refractivity contribution in [2.24, 2.45) is 22.2 Å². The lowest BCUT2D eigenvalue weighted by molar-refractivity contribution is -0.137. The standard InChI is InChI=1S/C22H36/c1-7-22(8-2)17-14-18(3)21(6,20(22,4)5)16-15-19-12-10-9-11-13-19/h9-13,18H,7-8,14-17H2,1-6H3. The Hall–Kier alpha value is -0.780. The average Bonchev–Trinajstić information content (AvgIpc) is 2.53. The van der Waals surface area contributed by atoms with Crippen LogP contribution in [0.2, 0.25) is 0 Å². The van der Waals surface area contributed by atoms with Crippen molar-refractivity contribution in [3.63, 3.8) is 0 Å². The van der Waals surface area contributed by atoms with E-state index in [-0.39, 0.29) is 0 Å². The van der Waals surface area contributed by atoms with Gasteiger partial charge in [-0.15, -0.1) is 0 Å². The van der Waals surface area contributed by atoms with E-state index in [1.54, 1.807) is 0 Å². The Bertz CT molecular complexity index is 466. The largest absolute Gasteiger partial charge is 0.0648 e. The molecule has 1 fully saturated rings. The van der Waals surface area contributed by atoms with Crippen molar-refractivity contribution >= 4 is 0 Å². The molecule has 0 N–H and O–H groups in total. The van der Waals surface area contributed by atoms with E-state index < -0.39 is 0 Å². The molecule has 2 rings (SSSR count). The summed E-state index contributed by atoms with van der Waals surface area (Å²) in [6, 6.07) is 11.1. The molecule has 0 spiro atoms. The molecule has 0 heterocycles. The van der Waals surface area contributed by atoms with Gasteiger partial charge in [-0.3, -0.25) is 0 Å². The monoisotopic (exact) mass is 300 g/mol. The Morgan fingerprint density at radius 2 is 1.59 bits per heavy atom. The molecule has 124 valence electrons. The third kappa shape index (κ3) is 2.63. The number of rotatable bonds is 5. The average molecular weight is 301 g/mol. The highest BCUT2D eigenvalue weighted by Gasteiger charge is 2.57. The highest BCUT2D eigenvalue weighted by molar-refractivity contribution is 5.16. The normalized spacial score (nSPS) is 30.2. The Labute approximate surface area is 138 Å². The molecule has 0 saturated heterocycles. The Morgan fingerprint density at radius 1 is 1.00 bits per heavy atom. The van der Waals surface area contributed by atoms with Gasteiger partial charge < -0.3 is 0 Å². The molecule has 1 aliphatic rings. The molecule has 1 aromatic carbocycles. The molecule has 0 bridgehead atoms. The molecular weight excluding hydrogens is 264 g/mol.